The first-order chi connectivity index (χ1) is 13.2. The van der Waals surface area contributed by atoms with Gasteiger partial charge in [0.25, 0.3) is 0 Å². The molecule has 5 heteroatoms. The van der Waals surface area contributed by atoms with Crippen LogP contribution in [0, 0.1) is 0 Å². The molecule has 0 saturated carbocycles. The molecule has 2 heterocycles. The van der Waals surface area contributed by atoms with Crippen molar-refractivity contribution < 1.29 is 14.3 Å². The zero-order valence-corrected chi connectivity index (χ0v) is 15.8. The number of anilines is 1. The first-order valence-corrected chi connectivity index (χ1v) is 9.67. The first-order valence-electron chi connectivity index (χ1n) is 9.67. The molecule has 2 aromatic carbocycles. The number of rotatable bonds is 4. The molecular formula is C22H26N2O3. The SMILES string of the molecule is CN(C(=O)CN1CCC[C@@H]1c1ccc2c(c1)OCCCO2)c1ccccc1. The Kier molecular flexibility index (Phi) is 5.30. The van der Waals surface area contributed by atoms with E-state index in [9.17, 15) is 4.79 Å². The molecule has 2 aromatic rings. The lowest BCUT2D eigenvalue weighted by Gasteiger charge is -2.27. The van der Waals surface area contributed by atoms with Crippen LogP contribution in [0.25, 0.3) is 0 Å². The molecule has 4 rings (SSSR count). The Balaban J connectivity index is 1.48. The molecule has 0 aromatic heterocycles. The summed E-state index contributed by atoms with van der Waals surface area (Å²) in [6.45, 7) is 2.74. The average Bonchev–Trinajstić information content (AvgIpc) is 3.03. The van der Waals surface area contributed by atoms with Crippen molar-refractivity contribution in [3.63, 3.8) is 0 Å². The summed E-state index contributed by atoms with van der Waals surface area (Å²) in [4.78, 5) is 16.8. The topological polar surface area (TPSA) is 42.0 Å². The lowest BCUT2D eigenvalue weighted by molar-refractivity contribution is -0.119. The van der Waals surface area contributed by atoms with E-state index in [4.69, 9.17) is 9.47 Å². The average molecular weight is 366 g/mol. The van der Waals surface area contributed by atoms with Crippen LogP contribution in [-0.2, 0) is 4.79 Å². The van der Waals surface area contributed by atoms with Crippen molar-refractivity contribution in [3.05, 3.63) is 54.1 Å². The maximum Gasteiger partial charge on any atom is 0.240 e. The predicted octanol–water partition coefficient (Wildman–Crippen LogP) is 3.65. The molecule has 0 aliphatic carbocycles. The molecule has 27 heavy (non-hydrogen) atoms. The maximum absolute atomic E-state index is 12.8. The number of carbonyl (C=O) groups is 1. The third-order valence-electron chi connectivity index (χ3n) is 5.38. The van der Waals surface area contributed by atoms with E-state index in [2.05, 4.69) is 17.0 Å². The number of hydrogen-bond acceptors (Lipinski definition) is 4. The summed E-state index contributed by atoms with van der Waals surface area (Å²) in [6.07, 6.45) is 3.06. The van der Waals surface area contributed by atoms with Gasteiger partial charge in [0, 0.05) is 25.2 Å². The smallest absolute Gasteiger partial charge is 0.240 e. The van der Waals surface area contributed by atoms with Crippen LogP contribution < -0.4 is 14.4 Å². The Morgan fingerprint density at radius 3 is 2.67 bits per heavy atom. The summed E-state index contributed by atoms with van der Waals surface area (Å²) in [7, 11) is 1.84. The van der Waals surface area contributed by atoms with Gasteiger partial charge in [0.05, 0.1) is 19.8 Å². The van der Waals surface area contributed by atoms with E-state index in [1.54, 1.807) is 4.90 Å². The molecule has 142 valence electrons. The van der Waals surface area contributed by atoms with Crippen LogP contribution in [-0.4, -0.2) is 44.2 Å². The largest absolute Gasteiger partial charge is 0.490 e. The molecule has 0 N–H and O–H groups in total. The van der Waals surface area contributed by atoms with Crippen LogP contribution in [0.5, 0.6) is 11.5 Å². The second-order valence-corrected chi connectivity index (χ2v) is 7.17. The minimum Gasteiger partial charge on any atom is -0.490 e. The van der Waals surface area contributed by atoms with Crippen LogP contribution >= 0.6 is 0 Å². The number of carbonyl (C=O) groups excluding carboxylic acids is 1. The van der Waals surface area contributed by atoms with Crippen molar-refractivity contribution in [1.29, 1.82) is 0 Å². The summed E-state index contributed by atoms with van der Waals surface area (Å²) in [5.41, 5.74) is 2.13. The van der Waals surface area contributed by atoms with E-state index in [-0.39, 0.29) is 11.9 Å². The molecule has 1 saturated heterocycles. The Hall–Kier alpha value is -2.53. The predicted molar refractivity (Wildman–Crippen MR) is 105 cm³/mol. The molecule has 5 nitrogen and oxygen atoms in total. The lowest BCUT2D eigenvalue weighted by atomic mass is 10.0. The van der Waals surface area contributed by atoms with Crippen molar-refractivity contribution in [2.75, 3.05) is 38.3 Å². The zero-order chi connectivity index (χ0) is 18.6. The second-order valence-electron chi connectivity index (χ2n) is 7.17. The van der Waals surface area contributed by atoms with E-state index in [1.165, 1.54) is 5.56 Å². The summed E-state index contributed by atoms with van der Waals surface area (Å²) in [6, 6.07) is 16.2. The molecular weight excluding hydrogens is 340 g/mol. The van der Waals surface area contributed by atoms with Gasteiger partial charge in [0.15, 0.2) is 11.5 Å². The van der Waals surface area contributed by atoms with Gasteiger partial charge in [-0.25, -0.2) is 0 Å². The van der Waals surface area contributed by atoms with Gasteiger partial charge >= 0.3 is 0 Å². The number of para-hydroxylation sites is 1. The summed E-state index contributed by atoms with van der Waals surface area (Å²) >= 11 is 0. The van der Waals surface area contributed by atoms with E-state index in [1.807, 2.05) is 43.4 Å². The highest BCUT2D eigenvalue weighted by atomic mass is 16.5. The lowest BCUT2D eigenvalue weighted by Crippen LogP contribution is -2.38. The van der Waals surface area contributed by atoms with Gasteiger partial charge in [-0.05, 0) is 49.2 Å². The number of fused-ring (bicyclic) bond motifs is 1. The van der Waals surface area contributed by atoms with Crippen molar-refractivity contribution in [2.45, 2.75) is 25.3 Å². The Labute approximate surface area is 160 Å². The zero-order valence-electron chi connectivity index (χ0n) is 15.8. The van der Waals surface area contributed by atoms with Crippen molar-refractivity contribution in [3.8, 4) is 11.5 Å². The van der Waals surface area contributed by atoms with Crippen molar-refractivity contribution in [2.24, 2.45) is 0 Å². The van der Waals surface area contributed by atoms with Gasteiger partial charge in [-0.15, -0.1) is 0 Å². The molecule has 1 atom stereocenters. The number of likely N-dealkylation sites (tertiary alicyclic amines) is 1. The molecule has 1 amide bonds. The van der Waals surface area contributed by atoms with E-state index >= 15 is 0 Å². The highest BCUT2D eigenvalue weighted by Crippen LogP contribution is 2.37. The molecule has 2 aliphatic heterocycles. The minimum atomic E-state index is 0.113. The standard InChI is InChI=1S/C22H26N2O3/c1-23(18-7-3-2-4-8-18)22(25)16-24-12-5-9-19(24)17-10-11-20-21(15-17)27-14-6-13-26-20/h2-4,7-8,10-11,15,19H,5-6,9,12-14,16H2,1H3/t19-/m1/s1. The van der Waals surface area contributed by atoms with Gasteiger partial charge in [-0.3, -0.25) is 9.69 Å². The monoisotopic (exact) mass is 366 g/mol. The fraction of sp³-hybridized carbons (Fsp3) is 0.409. The van der Waals surface area contributed by atoms with Crippen LogP contribution in [0.2, 0.25) is 0 Å². The Bertz CT molecular complexity index is 793. The Morgan fingerprint density at radius 1 is 1.07 bits per heavy atom. The number of ether oxygens (including phenoxy) is 2. The number of amides is 1. The van der Waals surface area contributed by atoms with Crippen LogP contribution in [0.4, 0.5) is 5.69 Å². The first kappa shape index (κ1) is 17.9. The van der Waals surface area contributed by atoms with Gasteiger partial charge in [-0.2, -0.15) is 0 Å². The normalized spacial score (nSPS) is 19.5. The Morgan fingerprint density at radius 2 is 1.85 bits per heavy atom. The number of hydrogen-bond donors (Lipinski definition) is 0. The third-order valence-corrected chi connectivity index (χ3v) is 5.38. The van der Waals surface area contributed by atoms with Gasteiger partial charge in [0.2, 0.25) is 5.91 Å². The molecule has 1 fully saturated rings. The van der Waals surface area contributed by atoms with Gasteiger partial charge in [0.1, 0.15) is 0 Å². The minimum absolute atomic E-state index is 0.113. The number of likely N-dealkylation sites (N-methyl/N-ethyl adjacent to an activating group) is 1. The van der Waals surface area contributed by atoms with Gasteiger partial charge < -0.3 is 14.4 Å². The van der Waals surface area contributed by atoms with Crippen LogP contribution in [0.15, 0.2) is 48.5 Å². The molecule has 0 bridgehead atoms. The summed E-state index contributed by atoms with van der Waals surface area (Å²) in [5.74, 6) is 1.76. The fourth-order valence-electron chi connectivity index (χ4n) is 3.86. The quantitative estimate of drug-likeness (QED) is 0.828. The van der Waals surface area contributed by atoms with Crippen molar-refractivity contribution in [1.82, 2.24) is 4.90 Å². The van der Waals surface area contributed by atoms with E-state index in [0.717, 1.165) is 43.0 Å². The molecule has 2 aliphatic rings. The van der Waals surface area contributed by atoms with Crippen molar-refractivity contribution >= 4 is 11.6 Å². The highest BCUT2D eigenvalue weighted by Gasteiger charge is 2.29. The van der Waals surface area contributed by atoms with E-state index in [0.29, 0.717) is 19.8 Å². The van der Waals surface area contributed by atoms with Crippen LogP contribution in [0.1, 0.15) is 30.9 Å². The van der Waals surface area contributed by atoms with Gasteiger partial charge in [-0.1, -0.05) is 24.3 Å². The molecule has 0 radical (unpaired) electrons. The van der Waals surface area contributed by atoms with E-state index < -0.39 is 0 Å². The molecule has 0 unspecified atom stereocenters. The summed E-state index contributed by atoms with van der Waals surface area (Å²) in [5, 5.41) is 0. The third kappa shape index (κ3) is 3.93. The molecule has 0 spiro atoms. The summed E-state index contributed by atoms with van der Waals surface area (Å²) < 4.78 is 11.6. The fourth-order valence-corrected chi connectivity index (χ4v) is 3.86. The maximum atomic E-state index is 12.8. The van der Waals surface area contributed by atoms with Crippen LogP contribution in [0.3, 0.4) is 0 Å². The second kappa shape index (κ2) is 8.01. The number of nitrogens with zero attached hydrogens (tertiary/aromatic N) is 2. The highest BCUT2D eigenvalue weighted by molar-refractivity contribution is 5.94. The number of benzene rings is 2.